The van der Waals surface area contributed by atoms with Crippen LogP contribution >= 0.6 is 15.9 Å². The molecular weight excluding hydrogens is 416 g/mol. The first-order chi connectivity index (χ1) is 13.1. The molecule has 0 aliphatic heterocycles. The first-order valence-corrected chi connectivity index (χ1v) is 8.90. The summed E-state index contributed by atoms with van der Waals surface area (Å²) >= 11 is 3.37. The number of carbonyl (C=O) groups excluding carboxylic acids is 1. The topological polar surface area (TPSA) is 63.2 Å². The molecule has 0 aromatic heterocycles. The Morgan fingerprint density at radius 3 is 2.30 bits per heavy atom. The molecule has 0 aliphatic rings. The van der Waals surface area contributed by atoms with E-state index in [0.717, 1.165) is 4.47 Å². The van der Waals surface area contributed by atoms with Crippen molar-refractivity contribution in [2.45, 2.75) is 0 Å². The molecule has 7 heteroatoms. The van der Waals surface area contributed by atoms with Crippen molar-refractivity contribution in [1.29, 1.82) is 0 Å². The molecule has 2 aromatic carbocycles. The minimum absolute atomic E-state index is 0.144. The normalized spacial score (nSPS) is 10.5. The number of ether oxygens (including phenoxy) is 5. The molecule has 0 saturated carbocycles. The van der Waals surface area contributed by atoms with Crippen molar-refractivity contribution in [2.75, 3.05) is 34.5 Å². The van der Waals surface area contributed by atoms with Crippen LogP contribution in [0.1, 0.15) is 5.56 Å². The Bertz CT molecular complexity index is 778. The Kier molecular flexibility index (Phi) is 8.00. The van der Waals surface area contributed by atoms with E-state index in [0.29, 0.717) is 28.6 Å². The molecule has 0 heterocycles. The molecule has 0 atom stereocenters. The molecule has 0 radical (unpaired) electrons. The highest BCUT2D eigenvalue weighted by molar-refractivity contribution is 9.10. The molecule has 0 spiro atoms. The third-order valence-corrected chi connectivity index (χ3v) is 3.98. The van der Waals surface area contributed by atoms with Crippen molar-refractivity contribution >= 4 is 28.0 Å². The van der Waals surface area contributed by atoms with Gasteiger partial charge in [0.2, 0.25) is 5.75 Å². The van der Waals surface area contributed by atoms with Crippen LogP contribution in [0.15, 0.2) is 46.9 Å². The van der Waals surface area contributed by atoms with E-state index in [1.54, 1.807) is 18.2 Å². The second-order valence-corrected chi connectivity index (χ2v) is 6.18. The molecule has 144 valence electrons. The molecule has 2 aromatic rings. The molecule has 0 bridgehead atoms. The molecule has 27 heavy (non-hydrogen) atoms. The zero-order valence-corrected chi connectivity index (χ0v) is 16.9. The Morgan fingerprint density at radius 1 is 1.00 bits per heavy atom. The first-order valence-electron chi connectivity index (χ1n) is 8.10. The van der Waals surface area contributed by atoms with Gasteiger partial charge in [0, 0.05) is 10.5 Å². The third-order valence-electron chi connectivity index (χ3n) is 3.49. The Labute approximate surface area is 166 Å². The second-order valence-electron chi connectivity index (χ2n) is 5.27. The predicted octanol–water partition coefficient (Wildman–Crippen LogP) is 4.11. The number of carbonyl (C=O) groups is 1. The Balaban J connectivity index is 1.88. The minimum Gasteiger partial charge on any atom is -0.493 e. The molecule has 6 nitrogen and oxygen atoms in total. The fourth-order valence-corrected chi connectivity index (χ4v) is 2.65. The summed E-state index contributed by atoms with van der Waals surface area (Å²) in [4.78, 5) is 11.9. The smallest absolute Gasteiger partial charge is 0.330 e. The van der Waals surface area contributed by atoms with E-state index in [1.807, 2.05) is 24.3 Å². The van der Waals surface area contributed by atoms with Crippen LogP contribution in [0.3, 0.4) is 0 Å². The van der Waals surface area contributed by atoms with Crippen molar-refractivity contribution in [2.24, 2.45) is 0 Å². The molecule has 0 fully saturated rings. The average molecular weight is 437 g/mol. The summed E-state index contributed by atoms with van der Waals surface area (Å²) in [5.41, 5.74) is 0.715. The van der Waals surface area contributed by atoms with Crippen molar-refractivity contribution in [1.82, 2.24) is 0 Å². The number of halogens is 1. The van der Waals surface area contributed by atoms with Crippen molar-refractivity contribution in [3.05, 3.63) is 52.5 Å². The van der Waals surface area contributed by atoms with Gasteiger partial charge in [-0.3, -0.25) is 0 Å². The summed E-state index contributed by atoms with van der Waals surface area (Å²) in [6.45, 7) is 0.408. The number of methoxy groups -OCH3 is 3. The number of benzene rings is 2. The van der Waals surface area contributed by atoms with Gasteiger partial charge in [0.25, 0.3) is 0 Å². The van der Waals surface area contributed by atoms with Gasteiger partial charge in [-0.2, -0.15) is 0 Å². The van der Waals surface area contributed by atoms with Crippen LogP contribution in [-0.4, -0.2) is 40.5 Å². The maximum Gasteiger partial charge on any atom is 0.330 e. The highest BCUT2D eigenvalue weighted by Crippen LogP contribution is 2.38. The number of hydrogen-bond donors (Lipinski definition) is 0. The van der Waals surface area contributed by atoms with Gasteiger partial charge < -0.3 is 23.7 Å². The fraction of sp³-hybridized carbons (Fsp3) is 0.250. The van der Waals surface area contributed by atoms with Gasteiger partial charge in [0.1, 0.15) is 19.0 Å². The van der Waals surface area contributed by atoms with Crippen LogP contribution < -0.4 is 18.9 Å². The summed E-state index contributed by atoms with van der Waals surface area (Å²) < 4.78 is 27.4. The lowest BCUT2D eigenvalue weighted by Gasteiger charge is -2.12. The SMILES string of the molecule is COc1cc(/C=C/C(=O)OCCOc2cccc(Br)c2)cc(OC)c1OC. The summed E-state index contributed by atoms with van der Waals surface area (Å²) in [5, 5.41) is 0. The predicted molar refractivity (Wildman–Crippen MR) is 106 cm³/mol. The first kappa shape index (κ1) is 20.6. The van der Waals surface area contributed by atoms with Gasteiger partial charge in [0.05, 0.1) is 21.3 Å². The minimum atomic E-state index is -0.471. The summed E-state index contributed by atoms with van der Waals surface area (Å²) in [7, 11) is 4.60. The number of rotatable bonds is 9. The van der Waals surface area contributed by atoms with Crippen LogP contribution in [-0.2, 0) is 9.53 Å². The molecule has 0 amide bonds. The molecule has 0 N–H and O–H groups in total. The van der Waals surface area contributed by atoms with Gasteiger partial charge in [-0.15, -0.1) is 0 Å². The van der Waals surface area contributed by atoms with Crippen molar-refractivity contribution < 1.29 is 28.5 Å². The molecular formula is C20H21BrO6. The van der Waals surface area contributed by atoms with Crippen LogP contribution in [0, 0.1) is 0 Å². The Hall–Kier alpha value is -2.67. The maximum absolute atomic E-state index is 11.9. The molecule has 0 aliphatic carbocycles. The standard InChI is InChI=1S/C20H21BrO6/c1-23-17-11-14(12-18(24-2)20(17)25-3)7-8-19(22)27-10-9-26-16-6-4-5-15(21)13-16/h4-8,11-13H,9-10H2,1-3H3/b8-7+. The van der Waals surface area contributed by atoms with Gasteiger partial charge in [-0.25, -0.2) is 4.79 Å². The van der Waals surface area contributed by atoms with E-state index in [9.17, 15) is 4.79 Å². The second kappa shape index (κ2) is 10.5. The van der Waals surface area contributed by atoms with E-state index in [2.05, 4.69) is 15.9 Å². The largest absolute Gasteiger partial charge is 0.493 e. The lowest BCUT2D eigenvalue weighted by Crippen LogP contribution is -2.10. The van der Waals surface area contributed by atoms with Crippen LogP contribution in [0.25, 0.3) is 6.08 Å². The monoisotopic (exact) mass is 436 g/mol. The van der Waals surface area contributed by atoms with E-state index in [1.165, 1.54) is 27.4 Å². The molecule has 0 saturated heterocycles. The molecule has 0 unspecified atom stereocenters. The van der Waals surface area contributed by atoms with Gasteiger partial charge >= 0.3 is 5.97 Å². The van der Waals surface area contributed by atoms with Crippen LogP contribution in [0.4, 0.5) is 0 Å². The van der Waals surface area contributed by atoms with Crippen LogP contribution in [0.2, 0.25) is 0 Å². The summed E-state index contributed by atoms with van der Waals surface area (Å²) in [5.74, 6) is 1.74. The Morgan fingerprint density at radius 2 is 1.70 bits per heavy atom. The zero-order chi connectivity index (χ0) is 19.6. The molecule has 2 rings (SSSR count). The summed E-state index contributed by atoms with van der Waals surface area (Å²) in [6.07, 6.45) is 2.95. The lowest BCUT2D eigenvalue weighted by molar-refractivity contribution is -0.138. The number of esters is 1. The van der Waals surface area contributed by atoms with E-state index in [4.69, 9.17) is 23.7 Å². The fourth-order valence-electron chi connectivity index (χ4n) is 2.27. The van der Waals surface area contributed by atoms with E-state index >= 15 is 0 Å². The van der Waals surface area contributed by atoms with Gasteiger partial charge in [0.15, 0.2) is 11.5 Å². The highest BCUT2D eigenvalue weighted by Gasteiger charge is 2.12. The van der Waals surface area contributed by atoms with Crippen molar-refractivity contribution in [3.8, 4) is 23.0 Å². The van der Waals surface area contributed by atoms with E-state index in [-0.39, 0.29) is 13.2 Å². The zero-order valence-electron chi connectivity index (χ0n) is 15.4. The third kappa shape index (κ3) is 6.21. The average Bonchev–Trinajstić information content (AvgIpc) is 2.68. The van der Waals surface area contributed by atoms with Gasteiger partial charge in [-0.05, 0) is 42.0 Å². The lowest BCUT2D eigenvalue weighted by atomic mass is 10.1. The van der Waals surface area contributed by atoms with Gasteiger partial charge in [-0.1, -0.05) is 22.0 Å². The van der Waals surface area contributed by atoms with Crippen molar-refractivity contribution in [3.63, 3.8) is 0 Å². The summed E-state index contributed by atoms with van der Waals surface area (Å²) in [6, 6.07) is 10.9. The van der Waals surface area contributed by atoms with E-state index < -0.39 is 5.97 Å². The number of hydrogen-bond acceptors (Lipinski definition) is 6. The van der Waals surface area contributed by atoms with Crippen LogP contribution in [0.5, 0.6) is 23.0 Å². The highest BCUT2D eigenvalue weighted by atomic mass is 79.9. The quantitative estimate of drug-likeness (QED) is 0.334. The maximum atomic E-state index is 11.9.